The highest BCUT2D eigenvalue weighted by Crippen LogP contribution is 1.70. The predicted octanol–water partition coefficient (Wildman–Crippen LogP) is -1.69. The number of aliphatic carboxylic acids is 1. The van der Waals surface area contributed by atoms with Gasteiger partial charge in [-0.2, -0.15) is 0 Å². The van der Waals surface area contributed by atoms with E-state index in [0.717, 1.165) is 0 Å². The molecule has 0 aliphatic rings. The molecule has 0 unspecified atom stereocenters. The van der Waals surface area contributed by atoms with E-state index in [1.807, 2.05) is 0 Å². The number of carbonyl (C=O) groups is 1. The van der Waals surface area contributed by atoms with E-state index in [1.54, 1.807) is 0 Å². The standard InChI is InChI=1S/C4H6N2O2/c1-2(5)3(6)4(7)8/h5-6H,1H3,(H,7,8)/p+1. The van der Waals surface area contributed by atoms with Gasteiger partial charge in [0.1, 0.15) is 0 Å². The number of nitrogens with one attached hydrogen (secondary N) is 1. The quantitative estimate of drug-likeness (QED) is 0.375. The van der Waals surface area contributed by atoms with Crippen molar-refractivity contribution in [3.8, 4) is 0 Å². The Balaban J connectivity index is 4.05. The van der Waals surface area contributed by atoms with E-state index in [4.69, 9.17) is 15.9 Å². The van der Waals surface area contributed by atoms with Gasteiger partial charge in [0.25, 0.3) is 0 Å². The first-order valence-corrected chi connectivity index (χ1v) is 1.97. The summed E-state index contributed by atoms with van der Waals surface area (Å²) in [4.78, 5) is 9.82. The number of hydrogen-bond donors (Lipinski definition) is 3. The van der Waals surface area contributed by atoms with Crippen LogP contribution in [0.3, 0.4) is 0 Å². The molecule has 0 aromatic carbocycles. The molecule has 0 heterocycles. The second kappa shape index (κ2) is 2.20. The third-order valence-corrected chi connectivity index (χ3v) is 0.608. The molecular weight excluding hydrogens is 108 g/mol. The zero-order valence-corrected chi connectivity index (χ0v) is 4.43. The van der Waals surface area contributed by atoms with Crippen LogP contribution in [0.1, 0.15) is 6.92 Å². The van der Waals surface area contributed by atoms with E-state index in [9.17, 15) is 4.79 Å². The van der Waals surface area contributed by atoms with Crippen LogP contribution < -0.4 is 5.41 Å². The maximum Gasteiger partial charge on any atom is 0.360 e. The van der Waals surface area contributed by atoms with Crippen molar-refractivity contribution in [2.45, 2.75) is 6.92 Å². The molecule has 44 valence electrons. The van der Waals surface area contributed by atoms with Crippen LogP contribution in [0, 0.1) is 5.41 Å². The van der Waals surface area contributed by atoms with Crippen LogP contribution in [0.2, 0.25) is 0 Å². The van der Waals surface area contributed by atoms with Crippen LogP contribution in [0.25, 0.3) is 0 Å². The zero-order valence-electron chi connectivity index (χ0n) is 4.43. The van der Waals surface area contributed by atoms with Gasteiger partial charge in [-0.25, -0.2) is 4.79 Å². The van der Waals surface area contributed by atoms with Gasteiger partial charge >= 0.3 is 5.97 Å². The summed E-state index contributed by atoms with van der Waals surface area (Å²) in [6.07, 6.45) is 0. The highest BCUT2D eigenvalue weighted by molar-refractivity contribution is 6.62. The number of nitrogens with two attached hydrogens (primary N) is 1. The van der Waals surface area contributed by atoms with Crippen molar-refractivity contribution < 1.29 is 15.3 Å². The fraction of sp³-hybridized carbons (Fsp3) is 0.250. The third-order valence-electron chi connectivity index (χ3n) is 0.608. The summed E-state index contributed by atoms with van der Waals surface area (Å²) in [5.41, 5.74) is -0.512. The van der Waals surface area contributed by atoms with Gasteiger partial charge in [0.15, 0.2) is 0 Å². The van der Waals surface area contributed by atoms with E-state index in [1.165, 1.54) is 6.92 Å². The first kappa shape index (κ1) is 6.81. The second-order valence-corrected chi connectivity index (χ2v) is 1.36. The van der Waals surface area contributed by atoms with Gasteiger partial charge in [-0.15, -0.1) is 0 Å². The van der Waals surface area contributed by atoms with Gasteiger partial charge in [-0.1, -0.05) is 0 Å². The molecule has 0 fully saturated rings. The molecule has 0 saturated heterocycles. The smallest absolute Gasteiger partial charge is 0.360 e. The highest BCUT2D eigenvalue weighted by Gasteiger charge is 2.11. The number of carboxylic acid groups (broad SMARTS) is 1. The molecule has 0 aliphatic heterocycles. The lowest BCUT2D eigenvalue weighted by Crippen LogP contribution is -2.44. The Morgan fingerprint density at radius 3 is 2.12 bits per heavy atom. The monoisotopic (exact) mass is 115 g/mol. The summed E-state index contributed by atoms with van der Waals surface area (Å²) in [6.45, 7) is 1.37. The van der Waals surface area contributed by atoms with Crippen molar-refractivity contribution in [3.63, 3.8) is 0 Å². The van der Waals surface area contributed by atoms with Crippen molar-refractivity contribution >= 4 is 17.4 Å². The molecule has 0 radical (unpaired) electrons. The van der Waals surface area contributed by atoms with Crippen LogP contribution in [0.4, 0.5) is 0 Å². The average Bonchev–Trinajstić information content (AvgIpc) is 1.64. The largest absolute Gasteiger partial charge is 0.476 e. The Morgan fingerprint density at radius 1 is 1.75 bits per heavy atom. The van der Waals surface area contributed by atoms with Crippen molar-refractivity contribution in [2.75, 3.05) is 0 Å². The molecule has 0 bridgehead atoms. The minimum absolute atomic E-state index is 0.0255. The molecule has 0 aliphatic carbocycles. The maximum atomic E-state index is 9.82. The van der Waals surface area contributed by atoms with Crippen molar-refractivity contribution in [1.29, 1.82) is 5.41 Å². The van der Waals surface area contributed by atoms with E-state index in [0.29, 0.717) is 0 Å². The van der Waals surface area contributed by atoms with Crippen LogP contribution >= 0.6 is 0 Å². The molecule has 0 spiro atoms. The molecule has 0 aromatic heterocycles. The Morgan fingerprint density at radius 2 is 2.12 bits per heavy atom. The van der Waals surface area contributed by atoms with Gasteiger partial charge < -0.3 is 5.11 Å². The number of rotatable bonds is 2. The molecule has 4 heteroatoms. The van der Waals surface area contributed by atoms with Gasteiger partial charge in [-0.3, -0.25) is 10.8 Å². The lowest BCUT2D eigenvalue weighted by molar-refractivity contribution is -0.130. The summed E-state index contributed by atoms with van der Waals surface area (Å²) in [5, 5.41) is 19.6. The molecule has 4 nitrogen and oxygen atoms in total. The molecule has 0 rings (SSSR count). The molecule has 0 aromatic rings. The molecular formula is C4H7N2O2+. The van der Waals surface area contributed by atoms with Crippen LogP contribution in [-0.4, -0.2) is 22.5 Å². The Labute approximate surface area is 46.2 Å². The molecule has 0 saturated carbocycles. The predicted molar refractivity (Wildman–Crippen MR) is 28.0 cm³/mol. The zero-order chi connectivity index (χ0) is 6.73. The Kier molecular flexibility index (Phi) is 1.88. The van der Waals surface area contributed by atoms with E-state index >= 15 is 0 Å². The maximum absolute atomic E-state index is 9.82. The van der Waals surface area contributed by atoms with Gasteiger partial charge in [0.2, 0.25) is 11.4 Å². The lowest BCUT2D eigenvalue weighted by Gasteiger charge is -1.83. The summed E-state index contributed by atoms with van der Waals surface area (Å²) in [5.74, 6) is -1.29. The molecule has 4 N–H and O–H groups in total. The van der Waals surface area contributed by atoms with Crippen LogP contribution in [-0.2, 0) is 4.79 Å². The highest BCUT2D eigenvalue weighted by atomic mass is 16.4. The number of carboxylic acids is 1. The summed E-state index contributed by atoms with van der Waals surface area (Å²) < 4.78 is 0. The van der Waals surface area contributed by atoms with Gasteiger partial charge in [0, 0.05) is 6.92 Å². The third kappa shape index (κ3) is 1.51. The summed E-state index contributed by atoms with van der Waals surface area (Å²) in [7, 11) is 0. The Hall–Kier alpha value is -1.19. The topological polar surface area (TPSA) is 86.7 Å². The van der Waals surface area contributed by atoms with Crippen molar-refractivity contribution in [1.82, 2.24) is 0 Å². The molecule has 0 atom stereocenters. The minimum Gasteiger partial charge on any atom is -0.476 e. The summed E-state index contributed by atoms with van der Waals surface area (Å²) in [6, 6.07) is 0. The fourth-order valence-electron chi connectivity index (χ4n) is 0.169. The van der Waals surface area contributed by atoms with E-state index in [-0.39, 0.29) is 5.71 Å². The van der Waals surface area contributed by atoms with Gasteiger partial charge in [0.05, 0.1) is 0 Å². The van der Waals surface area contributed by atoms with Crippen LogP contribution in [0.15, 0.2) is 0 Å². The lowest BCUT2D eigenvalue weighted by atomic mass is 10.3. The Bertz CT molecular complexity index is 134. The van der Waals surface area contributed by atoms with Gasteiger partial charge in [-0.05, 0) is 0 Å². The van der Waals surface area contributed by atoms with Crippen molar-refractivity contribution in [3.05, 3.63) is 0 Å². The first-order chi connectivity index (χ1) is 3.55. The molecule has 8 heavy (non-hydrogen) atoms. The first-order valence-electron chi connectivity index (χ1n) is 1.97. The van der Waals surface area contributed by atoms with E-state index in [2.05, 4.69) is 0 Å². The van der Waals surface area contributed by atoms with Crippen molar-refractivity contribution in [2.24, 2.45) is 0 Å². The van der Waals surface area contributed by atoms with Crippen LogP contribution in [0.5, 0.6) is 0 Å². The fourth-order valence-corrected chi connectivity index (χ4v) is 0.169. The van der Waals surface area contributed by atoms with E-state index < -0.39 is 11.7 Å². The average molecular weight is 115 g/mol. The molecule has 0 amide bonds. The SMILES string of the molecule is CC(=[NH2+])C(=N)C(=O)O. The second-order valence-electron chi connectivity index (χ2n) is 1.36. The summed E-state index contributed by atoms with van der Waals surface area (Å²) >= 11 is 0. The minimum atomic E-state index is -1.29. The normalized spacial score (nSPS) is 8.12. The number of hydrogen-bond acceptors (Lipinski definition) is 2.